The number of carbonyl (C=O) groups is 1. The fourth-order valence-electron chi connectivity index (χ4n) is 3.16. The zero-order chi connectivity index (χ0) is 17.6. The van der Waals surface area contributed by atoms with Crippen molar-refractivity contribution in [1.82, 2.24) is 20.4 Å². The topological polar surface area (TPSA) is 71.3 Å². The van der Waals surface area contributed by atoms with Crippen LogP contribution in [-0.2, 0) is 11.2 Å². The number of aromatic nitrogens is 2. The van der Waals surface area contributed by atoms with Crippen LogP contribution in [0.15, 0.2) is 28.8 Å². The van der Waals surface area contributed by atoms with Crippen LogP contribution in [0, 0.1) is 0 Å². The van der Waals surface area contributed by atoms with E-state index in [0.717, 1.165) is 25.1 Å². The zero-order valence-corrected chi connectivity index (χ0v) is 15.1. The maximum absolute atomic E-state index is 12.0. The summed E-state index contributed by atoms with van der Waals surface area (Å²) >= 11 is 5.87. The first kappa shape index (κ1) is 17.9. The Labute approximate surface area is 152 Å². The third-order valence-electron chi connectivity index (χ3n) is 4.58. The van der Waals surface area contributed by atoms with Crippen LogP contribution < -0.4 is 5.32 Å². The van der Waals surface area contributed by atoms with Crippen LogP contribution in [0.4, 0.5) is 0 Å². The Kier molecular flexibility index (Phi) is 6.04. The van der Waals surface area contributed by atoms with Gasteiger partial charge in [0.2, 0.25) is 17.6 Å². The molecule has 3 rings (SSSR count). The minimum absolute atomic E-state index is 0.0224. The van der Waals surface area contributed by atoms with Crippen LogP contribution >= 0.6 is 11.6 Å². The summed E-state index contributed by atoms with van der Waals surface area (Å²) in [5.74, 6) is 1.00. The molecule has 1 aliphatic rings. The summed E-state index contributed by atoms with van der Waals surface area (Å²) in [7, 11) is 0. The van der Waals surface area contributed by atoms with Crippen LogP contribution in [0.3, 0.4) is 0 Å². The van der Waals surface area contributed by atoms with Gasteiger partial charge < -0.3 is 9.84 Å². The third-order valence-corrected chi connectivity index (χ3v) is 4.83. The van der Waals surface area contributed by atoms with Crippen LogP contribution in [0.1, 0.15) is 32.1 Å². The van der Waals surface area contributed by atoms with Crippen LogP contribution in [0.2, 0.25) is 5.02 Å². The van der Waals surface area contributed by atoms with Gasteiger partial charge in [-0.25, -0.2) is 0 Å². The molecule has 1 aliphatic heterocycles. The van der Waals surface area contributed by atoms with Crippen molar-refractivity contribution in [3.8, 4) is 11.4 Å². The molecule has 1 atom stereocenters. The number of carbonyl (C=O) groups excluding carboxylic acids is 1. The van der Waals surface area contributed by atoms with E-state index in [1.165, 1.54) is 6.42 Å². The highest BCUT2D eigenvalue weighted by molar-refractivity contribution is 6.30. The van der Waals surface area contributed by atoms with Gasteiger partial charge in [-0.15, -0.1) is 0 Å². The minimum Gasteiger partial charge on any atom is -0.355 e. The molecule has 2 aromatic rings. The van der Waals surface area contributed by atoms with Gasteiger partial charge in [0.15, 0.2) is 0 Å². The normalized spacial score (nSPS) is 17.8. The molecule has 1 saturated heterocycles. The van der Waals surface area contributed by atoms with Crippen LogP contribution in [-0.4, -0.2) is 46.6 Å². The molecule has 134 valence electrons. The standard InChI is InChI=1S/C18H23ClN4O2/c1-2-23-11-3-4-15(23)12-20-16(24)9-10-17-21-18(22-25-17)13-5-7-14(19)8-6-13/h5-8,15H,2-4,9-12H2,1H3,(H,20,24). The Morgan fingerprint density at radius 3 is 2.96 bits per heavy atom. The Bertz CT molecular complexity index is 701. The van der Waals surface area contributed by atoms with E-state index in [9.17, 15) is 4.79 Å². The van der Waals surface area contributed by atoms with Gasteiger partial charge in [0.1, 0.15) is 0 Å². The number of rotatable bonds is 7. The van der Waals surface area contributed by atoms with E-state index < -0.39 is 0 Å². The summed E-state index contributed by atoms with van der Waals surface area (Å²) in [6.45, 7) is 5.04. The van der Waals surface area contributed by atoms with Gasteiger partial charge in [-0.2, -0.15) is 4.98 Å². The first-order valence-corrected chi connectivity index (χ1v) is 9.12. The molecule has 0 saturated carbocycles. The monoisotopic (exact) mass is 362 g/mol. The molecule has 1 amide bonds. The lowest BCUT2D eigenvalue weighted by molar-refractivity contribution is -0.121. The Morgan fingerprint density at radius 2 is 2.20 bits per heavy atom. The molecule has 0 aliphatic carbocycles. The minimum atomic E-state index is 0.0224. The van der Waals surface area contributed by atoms with E-state index in [2.05, 4.69) is 27.3 Å². The molecule has 7 heteroatoms. The number of likely N-dealkylation sites (N-methyl/N-ethyl adjacent to an activating group) is 1. The van der Waals surface area contributed by atoms with Crippen molar-refractivity contribution in [2.45, 2.75) is 38.6 Å². The van der Waals surface area contributed by atoms with E-state index in [0.29, 0.717) is 42.2 Å². The predicted octanol–water partition coefficient (Wildman–Crippen LogP) is 2.92. The molecule has 1 fully saturated rings. The van der Waals surface area contributed by atoms with Crippen molar-refractivity contribution in [1.29, 1.82) is 0 Å². The predicted molar refractivity (Wildman–Crippen MR) is 96.3 cm³/mol. The summed E-state index contributed by atoms with van der Waals surface area (Å²) < 4.78 is 5.23. The largest absolute Gasteiger partial charge is 0.355 e. The number of nitrogens with zero attached hydrogens (tertiary/aromatic N) is 3. The van der Waals surface area contributed by atoms with Gasteiger partial charge in [0.05, 0.1) is 0 Å². The van der Waals surface area contributed by atoms with Gasteiger partial charge in [0, 0.05) is 36.0 Å². The molecule has 1 unspecified atom stereocenters. The fraction of sp³-hybridized carbons (Fsp3) is 0.500. The summed E-state index contributed by atoms with van der Waals surface area (Å²) in [6.07, 6.45) is 3.15. The molecular formula is C18H23ClN4O2. The number of amides is 1. The number of aryl methyl sites for hydroxylation is 1. The van der Waals surface area contributed by atoms with Crippen LogP contribution in [0.25, 0.3) is 11.4 Å². The molecular weight excluding hydrogens is 340 g/mol. The van der Waals surface area contributed by atoms with Gasteiger partial charge in [-0.05, 0) is 50.2 Å². The van der Waals surface area contributed by atoms with Gasteiger partial charge in [-0.1, -0.05) is 23.7 Å². The lowest BCUT2D eigenvalue weighted by atomic mass is 10.2. The second-order valence-electron chi connectivity index (χ2n) is 6.25. The number of nitrogens with one attached hydrogen (secondary N) is 1. The number of hydrogen-bond acceptors (Lipinski definition) is 5. The maximum atomic E-state index is 12.0. The molecule has 0 bridgehead atoms. The van der Waals surface area contributed by atoms with E-state index in [4.69, 9.17) is 16.1 Å². The summed E-state index contributed by atoms with van der Waals surface area (Å²) in [5.41, 5.74) is 0.838. The Morgan fingerprint density at radius 1 is 1.40 bits per heavy atom. The molecule has 0 spiro atoms. The molecule has 0 radical (unpaired) electrons. The van der Waals surface area contributed by atoms with Crippen molar-refractivity contribution in [3.63, 3.8) is 0 Å². The summed E-state index contributed by atoms with van der Waals surface area (Å²) in [5, 5.41) is 7.64. The van der Waals surface area contributed by atoms with Crippen molar-refractivity contribution in [3.05, 3.63) is 35.2 Å². The number of likely N-dealkylation sites (tertiary alicyclic amines) is 1. The van der Waals surface area contributed by atoms with Crippen molar-refractivity contribution < 1.29 is 9.32 Å². The smallest absolute Gasteiger partial charge is 0.227 e. The first-order valence-electron chi connectivity index (χ1n) is 8.75. The maximum Gasteiger partial charge on any atom is 0.227 e. The van der Waals surface area contributed by atoms with E-state index >= 15 is 0 Å². The quantitative estimate of drug-likeness (QED) is 0.820. The Hall–Kier alpha value is -1.92. The van der Waals surface area contributed by atoms with E-state index in [1.54, 1.807) is 12.1 Å². The Balaban J connectivity index is 1.45. The van der Waals surface area contributed by atoms with Gasteiger partial charge >= 0.3 is 0 Å². The molecule has 1 aromatic carbocycles. The highest BCUT2D eigenvalue weighted by Crippen LogP contribution is 2.19. The number of halogens is 1. The zero-order valence-electron chi connectivity index (χ0n) is 14.4. The van der Waals surface area contributed by atoms with Crippen LogP contribution in [0.5, 0.6) is 0 Å². The average Bonchev–Trinajstić information content (AvgIpc) is 3.27. The van der Waals surface area contributed by atoms with Crippen molar-refractivity contribution in [2.75, 3.05) is 19.6 Å². The second-order valence-corrected chi connectivity index (χ2v) is 6.68. The van der Waals surface area contributed by atoms with Gasteiger partial charge in [-0.3, -0.25) is 9.69 Å². The first-order chi connectivity index (χ1) is 12.2. The summed E-state index contributed by atoms with van der Waals surface area (Å²) in [6, 6.07) is 7.70. The highest BCUT2D eigenvalue weighted by atomic mass is 35.5. The average molecular weight is 363 g/mol. The molecule has 6 nitrogen and oxygen atoms in total. The summed E-state index contributed by atoms with van der Waals surface area (Å²) in [4.78, 5) is 18.8. The highest BCUT2D eigenvalue weighted by Gasteiger charge is 2.23. The van der Waals surface area contributed by atoms with Crippen molar-refractivity contribution in [2.24, 2.45) is 0 Å². The number of hydrogen-bond donors (Lipinski definition) is 1. The van der Waals surface area contributed by atoms with E-state index in [-0.39, 0.29) is 5.91 Å². The lowest BCUT2D eigenvalue weighted by Gasteiger charge is -2.22. The SMILES string of the molecule is CCN1CCCC1CNC(=O)CCc1nc(-c2ccc(Cl)cc2)no1. The van der Waals surface area contributed by atoms with Crippen molar-refractivity contribution >= 4 is 17.5 Å². The fourth-order valence-corrected chi connectivity index (χ4v) is 3.28. The molecule has 2 heterocycles. The second kappa shape index (κ2) is 8.45. The molecule has 25 heavy (non-hydrogen) atoms. The number of benzene rings is 1. The third kappa shape index (κ3) is 4.80. The lowest BCUT2D eigenvalue weighted by Crippen LogP contribution is -2.40. The molecule has 1 aromatic heterocycles. The van der Waals surface area contributed by atoms with Gasteiger partial charge in [0.25, 0.3) is 0 Å². The molecule has 1 N–H and O–H groups in total. The van der Waals surface area contributed by atoms with E-state index in [1.807, 2.05) is 12.1 Å².